The van der Waals surface area contributed by atoms with Gasteiger partial charge in [0.05, 0.1) is 6.04 Å². The molecule has 7 nitrogen and oxygen atoms in total. The molecule has 3 heterocycles. The molecule has 0 aliphatic carbocycles. The summed E-state index contributed by atoms with van der Waals surface area (Å²) in [5, 5.41) is 7.15. The molecule has 0 bridgehead atoms. The molecule has 0 fully saturated rings. The molecule has 1 atom stereocenters. The summed E-state index contributed by atoms with van der Waals surface area (Å²) in [5.74, 6) is 0.186. The molecule has 0 saturated heterocycles. The first-order valence-electron chi connectivity index (χ1n) is 8.77. The monoisotopic (exact) mass is 343 g/mol. The Bertz CT molecular complexity index is 761. The molecule has 1 aliphatic rings. The maximum Gasteiger partial charge on any atom is 0.271 e. The third-order valence-electron chi connectivity index (χ3n) is 4.42. The van der Waals surface area contributed by atoms with Crippen molar-refractivity contribution >= 4 is 11.8 Å². The molecule has 0 aromatic carbocycles. The molecular formula is C18H25N5O2. The minimum Gasteiger partial charge on any atom is -0.349 e. The van der Waals surface area contributed by atoms with E-state index in [0.29, 0.717) is 36.9 Å². The lowest BCUT2D eigenvalue weighted by atomic mass is 10.1. The molecule has 2 aromatic rings. The molecule has 1 aliphatic heterocycles. The van der Waals surface area contributed by atoms with Gasteiger partial charge < -0.3 is 14.8 Å². The minimum absolute atomic E-state index is 0.0273. The maximum absolute atomic E-state index is 12.8. The molecule has 2 amide bonds. The van der Waals surface area contributed by atoms with Gasteiger partial charge in [-0.15, -0.1) is 0 Å². The first-order valence-corrected chi connectivity index (χ1v) is 8.77. The Morgan fingerprint density at radius 1 is 1.36 bits per heavy atom. The summed E-state index contributed by atoms with van der Waals surface area (Å²) in [7, 11) is 0. The third kappa shape index (κ3) is 3.60. The molecule has 0 spiro atoms. The summed E-state index contributed by atoms with van der Waals surface area (Å²) < 4.78 is 3.68. The van der Waals surface area contributed by atoms with Crippen molar-refractivity contribution in [2.24, 2.45) is 5.92 Å². The number of nitrogens with one attached hydrogen (secondary N) is 1. The Hall–Kier alpha value is -2.57. The average Bonchev–Trinajstić information content (AvgIpc) is 3.24. The highest BCUT2D eigenvalue weighted by molar-refractivity contribution is 5.94. The van der Waals surface area contributed by atoms with Crippen LogP contribution in [-0.2, 0) is 13.1 Å². The number of rotatable bonds is 6. The van der Waals surface area contributed by atoms with Crippen LogP contribution >= 0.6 is 0 Å². The normalized spacial score (nSPS) is 17.0. The lowest BCUT2D eigenvalue weighted by Crippen LogP contribution is -2.53. The van der Waals surface area contributed by atoms with Gasteiger partial charge in [0.15, 0.2) is 0 Å². The fourth-order valence-corrected chi connectivity index (χ4v) is 3.17. The van der Waals surface area contributed by atoms with Gasteiger partial charge in [0.25, 0.3) is 11.8 Å². The Balaban J connectivity index is 1.70. The number of aromatic nitrogens is 3. The van der Waals surface area contributed by atoms with Crippen LogP contribution in [0.25, 0.3) is 0 Å². The third-order valence-corrected chi connectivity index (χ3v) is 4.42. The lowest BCUT2D eigenvalue weighted by Gasteiger charge is -2.37. The highest BCUT2D eigenvalue weighted by atomic mass is 16.2. The summed E-state index contributed by atoms with van der Waals surface area (Å²) in [6, 6.07) is 5.38. The van der Waals surface area contributed by atoms with Gasteiger partial charge in [0.1, 0.15) is 11.4 Å². The predicted molar refractivity (Wildman–Crippen MR) is 94.3 cm³/mol. The fraction of sp³-hybridized carbons (Fsp3) is 0.500. The van der Waals surface area contributed by atoms with Gasteiger partial charge in [-0.2, -0.15) is 5.10 Å². The van der Waals surface area contributed by atoms with Gasteiger partial charge in [0, 0.05) is 38.6 Å². The summed E-state index contributed by atoms with van der Waals surface area (Å²) >= 11 is 0. The summed E-state index contributed by atoms with van der Waals surface area (Å²) in [6.07, 6.45) is 3.70. The van der Waals surface area contributed by atoms with E-state index < -0.39 is 0 Å². The Morgan fingerprint density at radius 3 is 2.84 bits per heavy atom. The Labute approximate surface area is 147 Å². The molecule has 3 rings (SSSR count). The Morgan fingerprint density at radius 2 is 2.16 bits per heavy atom. The van der Waals surface area contributed by atoms with Gasteiger partial charge in [0.2, 0.25) is 0 Å². The van der Waals surface area contributed by atoms with E-state index in [1.165, 1.54) is 0 Å². The molecule has 2 aromatic heterocycles. The first-order chi connectivity index (χ1) is 12.0. The van der Waals surface area contributed by atoms with Crippen LogP contribution in [0.15, 0.2) is 30.6 Å². The Kier molecular flexibility index (Phi) is 4.92. The lowest BCUT2D eigenvalue weighted by molar-refractivity contribution is 0.0553. The van der Waals surface area contributed by atoms with Crippen LogP contribution in [-0.4, -0.2) is 50.2 Å². The van der Waals surface area contributed by atoms with E-state index in [1.807, 2.05) is 34.7 Å². The molecule has 25 heavy (non-hydrogen) atoms. The number of hydrogen-bond acceptors (Lipinski definition) is 3. The van der Waals surface area contributed by atoms with Crippen molar-refractivity contribution in [2.45, 2.75) is 39.9 Å². The topological polar surface area (TPSA) is 72.2 Å². The van der Waals surface area contributed by atoms with E-state index >= 15 is 0 Å². The smallest absolute Gasteiger partial charge is 0.271 e. The van der Waals surface area contributed by atoms with Crippen molar-refractivity contribution in [3.63, 3.8) is 0 Å². The molecule has 7 heteroatoms. The van der Waals surface area contributed by atoms with Crippen molar-refractivity contribution in [1.82, 2.24) is 24.6 Å². The standard InChI is InChI=1S/C18H25N5O2/c1-4-22-9-7-15(20-22)17(24)19-10-14-12-21-8-5-6-16(21)18(25)23(14)11-13(2)3/h5-9,13-14H,4,10-12H2,1-3H3,(H,19,24). The van der Waals surface area contributed by atoms with E-state index in [4.69, 9.17) is 0 Å². The fourth-order valence-electron chi connectivity index (χ4n) is 3.17. The van der Waals surface area contributed by atoms with Gasteiger partial charge in [-0.05, 0) is 31.0 Å². The summed E-state index contributed by atoms with van der Waals surface area (Å²) in [6.45, 7) is 8.65. The number of amides is 2. The SMILES string of the molecule is CCn1ccc(C(=O)NCC2Cn3cccc3C(=O)N2CC(C)C)n1. The highest BCUT2D eigenvalue weighted by Crippen LogP contribution is 2.19. The second kappa shape index (κ2) is 7.13. The van der Waals surface area contributed by atoms with Crippen molar-refractivity contribution in [2.75, 3.05) is 13.1 Å². The van der Waals surface area contributed by atoms with Crippen LogP contribution < -0.4 is 5.32 Å². The number of carbonyl (C=O) groups is 2. The van der Waals surface area contributed by atoms with Crippen molar-refractivity contribution < 1.29 is 9.59 Å². The zero-order chi connectivity index (χ0) is 18.0. The quantitative estimate of drug-likeness (QED) is 0.866. The van der Waals surface area contributed by atoms with E-state index in [0.717, 1.165) is 6.54 Å². The van der Waals surface area contributed by atoms with Crippen LogP contribution in [0, 0.1) is 5.92 Å². The van der Waals surface area contributed by atoms with Gasteiger partial charge in [-0.1, -0.05) is 13.8 Å². The van der Waals surface area contributed by atoms with E-state index in [2.05, 4.69) is 24.3 Å². The number of aryl methyl sites for hydroxylation is 1. The molecule has 0 radical (unpaired) electrons. The zero-order valence-corrected chi connectivity index (χ0v) is 15.0. The largest absolute Gasteiger partial charge is 0.349 e. The van der Waals surface area contributed by atoms with Gasteiger partial charge in [-0.3, -0.25) is 14.3 Å². The van der Waals surface area contributed by atoms with Crippen molar-refractivity contribution in [3.8, 4) is 0 Å². The van der Waals surface area contributed by atoms with Crippen LogP contribution in [0.2, 0.25) is 0 Å². The first kappa shape index (κ1) is 17.3. The molecule has 0 saturated carbocycles. The number of hydrogen-bond donors (Lipinski definition) is 1. The van der Waals surface area contributed by atoms with Crippen LogP contribution in [0.4, 0.5) is 0 Å². The number of fused-ring (bicyclic) bond motifs is 1. The van der Waals surface area contributed by atoms with E-state index in [1.54, 1.807) is 16.9 Å². The van der Waals surface area contributed by atoms with Gasteiger partial charge in [-0.25, -0.2) is 0 Å². The molecule has 134 valence electrons. The molecular weight excluding hydrogens is 318 g/mol. The number of carbonyl (C=O) groups excluding carboxylic acids is 2. The second-order valence-corrected chi connectivity index (χ2v) is 6.82. The predicted octanol–water partition coefficient (Wildman–Crippen LogP) is 1.61. The van der Waals surface area contributed by atoms with Crippen LogP contribution in [0.5, 0.6) is 0 Å². The van der Waals surface area contributed by atoms with Gasteiger partial charge >= 0.3 is 0 Å². The minimum atomic E-state index is -0.206. The number of nitrogens with zero attached hydrogens (tertiary/aromatic N) is 4. The van der Waals surface area contributed by atoms with E-state index in [9.17, 15) is 9.59 Å². The second-order valence-electron chi connectivity index (χ2n) is 6.82. The maximum atomic E-state index is 12.8. The van der Waals surface area contributed by atoms with Crippen LogP contribution in [0.1, 0.15) is 41.7 Å². The average molecular weight is 343 g/mol. The summed E-state index contributed by atoms with van der Waals surface area (Å²) in [4.78, 5) is 27.0. The van der Waals surface area contributed by atoms with Crippen molar-refractivity contribution in [1.29, 1.82) is 0 Å². The highest BCUT2D eigenvalue weighted by Gasteiger charge is 2.32. The van der Waals surface area contributed by atoms with Crippen molar-refractivity contribution in [3.05, 3.63) is 42.0 Å². The zero-order valence-electron chi connectivity index (χ0n) is 15.0. The molecule has 1 N–H and O–H groups in total. The van der Waals surface area contributed by atoms with Crippen LogP contribution in [0.3, 0.4) is 0 Å². The summed E-state index contributed by atoms with van der Waals surface area (Å²) in [5.41, 5.74) is 1.12. The molecule has 1 unspecified atom stereocenters. The van der Waals surface area contributed by atoms with E-state index in [-0.39, 0.29) is 17.9 Å².